The summed E-state index contributed by atoms with van der Waals surface area (Å²) >= 11 is 0. The average Bonchev–Trinajstić information content (AvgIpc) is 2.58. The van der Waals surface area contributed by atoms with E-state index in [9.17, 15) is 4.79 Å². The van der Waals surface area contributed by atoms with Gasteiger partial charge in [-0.3, -0.25) is 4.79 Å². The maximum absolute atomic E-state index is 11.8. The molecule has 1 unspecified atom stereocenters. The number of nitrogens with one attached hydrogen (secondary N) is 2. The predicted octanol–water partition coefficient (Wildman–Crippen LogP) is 0.254. The minimum absolute atomic E-state index is 0.0426. The first-order chi connectivity index (χ1) is 7.77. The molecule has 0 bridgehead atoms. The Morgan fingerprint density at radius 2 is 2.12 bits per heavy atom. The molecule has 1 aliphatic heterocycles. The highest BCUT2D eigenvalue weighted by atomic mass is 16.7. The van der Waals surface area contributed by atoms with Crippen molar-refractivity contribution in [3.63, 3.8) is 0 Å². The molecule has 1 rings (SSSR count). The van der Waals surface area contributed by atoms with Gasteiger partial charge in [-0.05, 0) is 19.4 Å². The van der Waals surface area contributed by atoms with Gasteiger partial charge in [-0.25, -0.2) is 0 Å². The molecule has 5 heteroatoms. The van der Waals surface area contributed by atoms with Crippen molar-refractivity contribution in [1.29, 1.82) is 0 Å². The fourth-order valence-corrected chi connectivity index (χ4v) is 1.82. The molecule has 1 heterocycles. The van der Waals surface area contributed by atoms with Gasteiger partial charge in [0.05, 0.1) is 12.6 Å². The molecule has 1 aliphatic rings. The van der Waals surface area contributed by atoms with E-state index in [1.54, 1.807) is 14.2 Å². The molecule has 1 saturated heterocycles. The fraction of sp³-hybridized carbons (Fsp3) is 0.909. The monoisotopic (exact) mass is 230 g/mol. The van der Waals surface area contributed by atoms with Crippen LogP contribution in [0.5, 0.6) is 0 Å². The largest absolute Gasteiger partial charge is 0.354 e. The Morgan fingerprint density at radius 1 is 1.38 bits per heavy atom. The van der Waals surface area contributed by atoms with Crippen molar-refractivity contribution >= 4 is 5.91 Å². The smallest absolute Gasteiger partial charge is 0.237 e. The van der Waals surface area contributed by atoms with Crippen molar-refractivity contribution in [2.45, 2.75) is 38.0 Å². The third kappa shape index (κ3) is 4.47. The highest BCUT2D eigenvalue weighted by Crippen LogP contribution is 2.08. The van der Waals surface area contributed by atoms with Gasteiger partial charge < -0.3 is 20.1 Å². The van der Waals surface area contributed by atoms with Crippen LogP contribution in [0.3, 0.4) is 0 Å². The second-order valence-corrected chi connectivity index (χ2v) is 4.00. The van der Waals surface area contributed by atoms with E-state index in [-0.39, 0.29) is 18.2 Å². The standard InChI is InChI=1S/C11H22N2O3/c1-15-10(16-2)8-13-11(14)9-6-4-3-5-7-12-9/h9-10,12H,3-8H2,1-2H3,(H,13,14). The molecule has 0 spiro atoms. The van der Waals surface area contributed by atoms with E-state index in [4.69, 9.17) is 9.47 Å². The van der Waals surface area contributed by atoms with Gasteiger partial charge in [-0.2, -0.15) is 0 Å². The van der Waals surface area contributed by atoms with Crippen LogP contribution in [-0.4, -0.2) is 45.5 Å². The van der Waals surface area contributed by atoms with E-state index in [2.05, 4.69) is 10.6 Å². The molecule has 2 N–H and O–H groups in total. The van der Waals surface area contributed by atoms with E-state index in [0.29, 0.717) is 6.54 Å². The topological polar surface area (TPSA) is 59.6 Å². The van der Waals surface area contributed by atoms with Crippen LogP contribution in [0.25, 0.3) is 0 Å². The lowest BCUT2D eigenvalue weighted by atomic mass is 10.1. The molecule has 0 aromatic heterocycles. The Bertz CT molecular complexity index is 199. The zero-order valence-electron chi connectivity index (χ0n) is 10.1. The molecule has 0 aromatic carbocycles. The summed E-state index contributed by atoms with van der Waals surface area (Å²) in [6, 6.07) is -0.0585. The number of ether oxygens (including phenoxy) is 2. The summed E-state index contributed by atoms with van der Waals surface area (Å²) in [5.74, 6) is 0.0426. The van der Waals surface area contributed by atoms with Gasteiger partial charge in [0.15, 0.2) is 6.29 Å². The highest BCUT2D eigenvalue weighted by Gasteiger charge is 2.19. The van der Waals surface area contributed by atoms with Crippen LogP contribution in [0.4, 0.5) is 0 Å². The number of carbonyl (C=O) groups excluding carboxylic acids is 1. The van der Waals surface area contributed by atoms with Gasteiger partial charge in [-0.15, -0.1) is 0 Å². The van der Waals surface area contributed by atoms with E-state index in [1.807, 2.05) is 0 Å². The second-order valence-electron chi connectivity index (χ2n) is 4.00. The maximum Gasteiger partial charge on any atom is 0.237 e. The van der Waals surface area contributed by atoms with Crippen LogP contribution < -0.4 is 10.6 Å². The van der Waals surface area contributed by atoms with Gasteiger partial charge in [0.1, 0.15) is 0 Å². The Hall–Kier alpha value is -0.650. The molecule has 0 saturated carbocycles. The molecule has 1 atom stereocenters. The lowest BCUT2D eigenvalue weighted by molar-refractivity contribution is -0.129. The number of carbonyl (C=O) groups is 1. The van der Waals surface area contributed by atoms with Crippen molar-refractivity contribution < 1.29 is 14.3 Å². The van der Waals surface area contributed by atoms with E-state index in [1.165, 1.54) is 6.42 Å². The van der Waals surface area contributed by atoms with Gasteiger partial charge in [-0.1, -0.05) is 12.8 Å². The van der Waals surface area contributed by atoms with Crippen LogP contribution in [0.1, 0.15) is 25.7 Å². The van der Waals surface area contributed by atoms with Crippen molar-refractivity contribution in [2.24, 2.45) is 0 Å². The molecule has 0 radical (unpaired) electrons. The van der Waals surface area contributed by atoms with E-state index >= 15 is 0 Å². The number of amides is 1. The molecule has 16 heavy (non-hydrogen) atoms. The Morgan fingerprint density at radius 3 is 2.81 bits per heavy atom. The van der Waals surface area contributed by atoms with Crippen molar-refractivity contribution in [3.8, 4) is 0 Å². The zero-order valence-corrected chi connectivity index (χ0v) is 10.1. The molecule has 0 aromatic rings. The van der Waals surface area contributed by atoms with Crippen molar-refractivity contribution in [3.05, 3.63) is 0 Å². The van der Waals surface area contributed by atoms with Crippen LogP contribution in [0, 0.1) is 0 Å². The minimum Gasteiger partial charge on any atom is -0.354 e. The molecule has 5 nitrogen and oxygen atoms in total. The first-order valence-electron chi connectivity index (χ1n) is 5.84. The van der Waals surface area contributed by atoms with Crippen LogP contribution in [-0.2, 0) is 14.3 Å². The van der Waals surface area contributed by atoms with Crippen molar-refractivity contribution in [1.82, 2.24) is 10.6 Å². The SMILES string of the molecule is COC(CNC(=O)C1CCCCCN1)OC. The summed E-state index contributed by atoms with van der Waals surface area (Å²) in [6.45, 7) is 1.32. The molecular formula is C11H22N2O3. The highest BCUT2D eigenvalue weighted by molar-refractivity contribution is 5.81. The van der Waals surface area contributed by atoms with Gasteiger partial charge in [0.25, 0.3) is 0 Å². The average molecular weight is 230 g/mol. The number of hydrogen-bond acceptors (Lipinski definition) is 4. The maximum atomic E-state index is 11.8. The third-order valence-electron chi connectivity index (χ3n) is 2.85. The molecule has 1 amide bonds. The normalized spacial score (nSPS) is 21.8. The minimum atomic E-state index is -0.366. The predicted molar refractivity (Wildman–Crippen MR) is 61.1 cm³/mol. The Labute approximate surface area is 96.9 Å². The second kappa shape index (κ2) is 7.60. The summed E-state index contributed by atoms with van der Waals surface area (Å²) in [6.07, 6.45) is 4.02. The molecule has 1 fully saturated rings. The number of methoxy groups -OCH3 is 2. The summed E-state index contributed by atoms with van der Waals surface area (Å²) < 4.78 is 10.0. The summed E-state index contributed by atoms with van der Waals surface area (Å²) in [5, 5.41) is 6.08. The molecule has 94 valence electrons. The third-order valence-corrected chi connectivity index (χ3v) is 2.85. The van der Waals surface area contributed by atoms with E-state index in [0.717, 1.165) is 25.8 Å². The lowest BCUT2D eigenvalue weighted by Crippen LogP contribution is -2.46. The number of hydrogen-bond donors (Lipinski definition) is 2. The fourth-order valence-electron chi connectivity index (χ4n) is 1.82. The summed E-state index contributed by atoms with van der Waals surface area (Å²) in [4.78, 5) is 11.8. The Balaban J connectivity index is 2.27. The first kappa shape index (κ1) is 13.4. The molecule has 0 aliphatic carbocycles. The molecular weight excluding hydrogens is 208 g/mol. The van der Waals surface area contributed by atoms with Gasteiger partial charge in [0.2, 0.25) is 5.91 Å². The number of rotatable bonds is 5. The summed E-state index contributed by atoms with van der Waals surface area (Å²) in [7, 11) is 3.12. The van der Waals surface area contributed by atoms with Crippen LogP contribution >= 0.6 is 0 Å². The van der Waals surface area contributed by atoms with Gasteiger partial charge in [0, 0.05) is 14.2 Å². The van der Waals surface area contributed by atoms with E-state index < -0.39 is 0 Å². The van der Waals surface area contributed by atoms with Gasteiger partial charge >= 0.3 is 0 Å². The van der Waals surface area contributed by atoms with Crippen LogP contribution in [0.15, 0.2) is 0 Å². The van der Waals surface area contributed by atoms with Crippen LogP contribution in [0.2, 0.25) is 0 Å². The van der Waals surface area contributed by atoms with Crippen molar-refractivity contribution in [2.75, 3.05) is 27.3 Å². The quantitative estimate of drug-likeness (QED) is 0.665. The lowest BCUT2D eigenvalue weighted by Gasteiger charge is -2.18. The zero-order chi connectivity index (χ0) is 11.8. The first-order valence-corrected chi connectivity index (χ1v) is 5.84. The Kier molecular flexibility index (Phi) is 6.37. The summed E-state index contributed by atoms with van der Waals surface area (Å²) in [5.41, 5.74) is 0.